The predicted octanol–water partition coefficient (Wildman–Crippen LogP) is -1.39. The van der Waals surface area contributed by atoms with Crippen molar-refractivity contribution in [3.63, 3.8) is 0 Å². The van der Waals surface area contributed by atoms with Gasteiger partial charge in [0.05, 0.1) is 5.69 Å². The lowest BCUT2D eigenvalue weighted by Gasteiger charge is -2.07. The number of nitrogens with one attached hydrogen (secondary N) is 2. The van der Waals surface area contributed by atoms with Crippen molar-refractivity contribution in [2.75, 3.05) is 18.8 Å². The van der Waals surface area contributed by atoms with Crippen molar-refractivity contribution in [3.05, 3.63) is 18.3 Å². The van der Waals surface area contributed by atoms with E-state index in [9.17, 15) is 13.2 Å². The van der Waals surface area contributed by atoms with Crippen molar-refractivity contribution in [1.29, 1.82) is 0 Å². The molecule has 0 spiro atoms. The Hall–Kier alpha value is -1.87. The molecule has 0 saturated carbocycles. The van der Waals surface area contributed by atoms with E-state index in [-0.39, 0.29) is 23.8 Å². The molecule has 1 rings (SSSR count). The summed E-state index contributed by atoms with van der Waals surface area (Å²) in [5, 5.41) is 2.01. The minimum atomic E-state index is -3.77. The SMILES string of the molecule is NC(=O)NCCNS(=O)(=O)c1ncccc1N. The van der Waals surface area contributed by atoms with E-state index in [4.69, 9.17) is 11.5 Å². The molecule has 0 aliphatic rings. The van der Waals surface area contributed by atoms with Crippen molar-refractivity contribution < 1.29 is 13.2 Å². The van der Waals surface area contributed by atoms with Crippen LogP contribution in [-0.4, -0.2) is 32.5 Å². The Morgan fingerprint density at radius 2 is 2.12 bits per heavy atom. The maximum atomic E-state index is 11.7. The van der Waals surface area contributed by atoms with Crippen LogP contribution in [0.15, 0.2) is 23.4 Å². The monoisotopic (exact) mass is 259 g/mol. The Kier molecular flexibility index (Phi) is 4.24. The van der Waals surface area contributed by atoms with Crippen LogP contribution in [0, 0.1) is 0 Å². The molecule has 1 heterocycles. The standard InChI is InChI=1S/C8H13N5O3S/c9-6-2-1-3-11-7(6)17(15,16)13-5-4-12-8(10)14/h1-3,13H,4-5,9H2,(H3,10,12,14). The van der Waals surface area contributed by atoms with Gasteiger partial charge in [-0.05, 0) is 12.1 Å². The molecule has 0 fully saturated rings. The summed E-state index contributed by atoms with van der Waals surface area (Å²) < 4.78 is 25.6. The lowest BCUT2D eigenvalue weighted by molar-refractivity contribution is 0.249. The fourth-order valence-corrected chi connectivity index (χ4v) is 2.15. The van der Waals surface area contributed by atoms with Crippen LogP contribution in [0.3, 0.4) is 0 Å². The quantitative estimate of drug-likeness (QED) is 0.482. The molecule has 1 aromatic rings. The third-order valence-electron chi connectivity index (χ3n) is 1.77. The molecule has 0 aromatic carbocycles. The van der Waals surface area contributed by atoms with Gasteiger partial charge in [-0.3, -0.25) is 0 Å². The predicted molar refractivity (Wildman–Crippen MR) is 61.4 cm³/mol. The van der Waals surface area contributed by atoms with E-state index in [2.05, 4.69) is 15.0 Å². The van der Waals surface area contributed by atoms with Gasteiger partial charge in [-0.15, -0.1) is 0 Å². The Labute approximate surface area is 98.4 Å². The molecular formula is C8H13N5O3S. The zero-order valence-corrected chi connectivity index (χ0v) is 9.70. The summed E-state index contributed by atoms with van der Waals surface area (Å²) in [7, 11) is -3.77. The van der Waals surface area contributed by atoms with Crippen LogP contribution in [0.2, 0.25) is 0 Å². The first-order chi connectivity index (χ1) is 7.93. The Morgan fingerprint density at radius 1 is 1.41 bits per heavy atom. The number of primary amides is 1. The molecule has 0 bridgehead atoms. The second kappa shape index (κ2) is 5.46. The van der Waals surface area contributed by atoms with E-state index >= 15 is 0 Å². The number of anilines is 1. The van der Waals surface area contributed by atoms with Gasteiger partial charge in [-0.1, -0.05) is 0 Å². The van der Waals surface area contributed by atoms with Crippen LogP contribution in [-0.2, 0) is 10.0 Å². The number of rotatable bonds is 5. The molecule has 0 aliphatic heterocycles. The molecular weight excluding hydrogens is 246 g/mol. The molecule has 0 saturated heterocycles. The average Bonchev–Trinajstić information content (AvgIpc) is 2.24. The highest BCUT2D eigenvalue weighted by Gasteiger charge is 2.17. The molecule has 17 heavy (non-hydrogen) atoms. The number of nitrogen functional groups attached to an aromatic ring is 1. The number of pyridine rings is 1. The summed E-state index contributed by atoms with van der Waals surface area (Å²) in [6.45, 7) is 0.0859. The highest BCUT2D eigenvalue weighted by Crippen LogP contribution is 2.12. The minimum absolute atomic E-state index is 0.00128. The van der Waals surface area contributed by atoms with Crippen molar-refractivity contribution in [2.24, 2.45) is 5.73 Å². The maximum Gasteiger partial charge on any atom is 0.312 e. The number of hydrogen-bond acceptors (Lipinski definition) is 5. The molecule has 2 amide bonds. The Bertz CT molecular complexity index is 502. The minimum Gasteiger partial charge on any atom is -0.396 e. The van der Waals surface area contributed by atoms with Gasteiger partial charge in [-0.2, -0.15) is 0 Å². The van der Waals surface area contributed by atoms with E-state index < -0.39 is 16.1 Å². The summed E-state index contributed by atoms with van der Waals surface area (Å²) in [4.78, 5) is 14.0. The van der Waals surface area contributed by atoms with Gasteiger partial charge < -0.3 is 16.8 Å². The number of carbonyl (C=O) groups is 1. The molecule has 0 atom stereocenters. The topological polar surface area (TPSA) is 140 Å². The average molecular weight is 259 g/mol. The van der Waals surface area contributed by atoms with Gasteiger partial charge in [0.1, 0.15) is 0 Å². The number of carbonyl (C=O) groups excluding carboxylic acids is 1. The van der Waals surface area contributed by atoms with Crippen LogP contribution in [0.5, 0.6) is 0 Å². The third-order valence-corrected chi connectivity index (χ3v) is 3.21. The summed E-state index contributed by atoms with van der Waals surface area (Å²) in [5.74, 6) is 0. The van der Waals surface area contributed by atoms with Crippen LogP contribution in [0.4, 0.5) is 10.5 Å². The Morgan fingerprint density at radius 3 is 2.71 bits per heavy atom. The first-order valence-electron chi connectivity index (χ1n) is 4.67. The smallest absolute Gasteiger partial charge is 0.312 e. The van der Waals surface area contributed by atoms with E-state index in [1.54, 1.807) is 0 Å². The van der Waals surface area contributed by atoms with Gasteiger partial charge in [-0.25, -0.2) is 22.9 Å². The molecule has 94 valence electrons. The maximum absolute atomic E-state index is 11.7. The molecule has 1 aromatic heterocycles. The zero-order valence-electron chi connectivity index (χ0n) is 8.88. The van der Waals surface area contributed by atoms with Crippen molar-refractivity contribution >= 4 is 21.7 Å². The molecule has 6 N–H and O–H groups in total. The number of urea groups is 1. The fraction of sp³-hybridized carbons (Fsp3) is 0.250. The van der Waals surface area contributed by atoms with Crippen LogP contribution in [0.1, 0.15) is 0 Å². The Balaban J connectivity index is 2.64. The number of hydrogen-bond donors (Lipinski definition) is 4. The number of sulfonamides is 1. The fourth-order valence-electron chi connectivity index (χ4n) is 1.07. The van der Waals surface area contributed by atoms with Crippen LogP contribution in [0.25, 0.3) is 0 Å². The molecule has 0 aliphatic carbocycles. The summed E-state index contributed by atoms with van der Waals surface area (Å²) in [6, 6.07) is 2.24. The van der Waals surface area contributed by atoms with E-state index in [0.29, 0.717) is 0 Å². The lowest BCUT2D eigenvalue weighted by atomic mass is 10.4. The second-order valence-electron chi connectivity index (χ2n) is 3.09. The van der Waals surface area contributed by atoms with Crippen molar-refractivity contribution in [3.8, 4) is 0 Å². The van der Waals surface area contributed by atoms with Crippen molar-refractivity contribution in [2.45, 2.75) is 5.03 Å². The van der Waals surface area contributed by atoms with Gasteiger partial charge >= 0.3 is 6.03 Å². The lowest BCUT2D eigenvalue weighted by Crippen LogP contribution is -2.37. The first-order valence-corrected chi connectivity index (χ1v) is 6.15. The first kappa shape index (κ1) is 13.2. The normalized spacial score (nSPS) is 11.1. The molecule has 9 heteroatoms. The molecule has 0 radical (unpaired) electrons. The number of nitrogens with zero attached hydrogens (tertiary/aromatic N) is 1. The van der Waals surface area contributed by atoms with Crippen LogP contribution >= 0.6 is 0 Å². The third kappa shape index (κ3) is 3.89. The van der Waals surface area contributed by atoms with Gasteiger partial charge in [0.25, 0.3) is 10.0 Å². The molecule has 8 nitrogen and oxygen atoms in total. The summed E-state index contributed by atoms with van der Waals surface area (Å²) >= 11 is 0. The number of aromatic nitrogens is 1. The van der Waals surface area contributed by atoms with Gasteiger partial charge in [0, 0.05) is 19.3 Å². The number of amides is 2. The second-order valence-corrected chi connectivity index (χ2v) is 4.77. The highest BCUT2D eigenvalue weighted by atomic mass is 32.2. The van der Waals surface area contributed by atoms with Gasteiger partial charge in [0.15, 0.2) is 5.03 Å². The van der Waals surface area contributed by atoms with E-state index in [1.165, 1.54) is 18.3 Å². The van der Waals surface area contributed by atoms with Crippen molar-refractivity contribution in [1.82, 2.24) is 15.0 Å². The van der Waals surface area contributed by atoms with E-state index in [1.807, 2.05) is 0 Å². The molecule has 0 unspecified atom stereocenters. The van der Waals surface area contributed by atoms with E-state index in [0.717, 1.165) is 0 Å². The largest absolute Gasteiger partial charge is 0.396 e. The summed E-state index contributed by atoms with van der Waals surface area (Å²) in [6.07, 6.45) is 1.33. The number of nitrogens with two attached hydrogens (primary N) is 2. The van der Waals surface area contributed by atoms with Gasteiger partial charge in [0.2, 0.25) is 0 Å². The summed E-state index contributed by atoms with van der Waals surface area (Å²) in [5.41, 5.74) is 10.4. The van der Waals surface area contributed by atoms with Crippen LogP contribution < -0.4 is 21.5 Å². The zero-order chi connectivity index (χ0) is 12.9. The highest BCUT2D eigenvalue weighted by molar-refractivity contribution is 7.89.